The molecule has 0 aliphatic carbocycles. The van der Waals surface area contributed by atoms with Gasteiger partial charge in [-0.25, -0.2) is 4.68 Å². The van der Waals surface area contributed by atoms with Crippen LogP contribution in [0.1, 0.15) is 37.3 Å². The van der Waals surface area contributed by atoms with E-state index in [0.717, 1.165) is 35.5 Å². The Morgan fingerprint density at radius 2 is 2.07 bits per heavy atom. The van der Waals surface area contributed by atoms with Gasteiger partial charge in [0.25, 0.3) is 5.56 Å². The highest BCUT2D eigenvalue weighted by atomic mass is 16.5. The Labute approximate surface area is 175 Å². The summed E-state index contributed by atoms with van der Waals surface area (Å²) in [6, 6.07) is 5.46. The normalized spacial score (nSPS) is 17.0. The van der Waals surface area contributed by atoms with E-state index in [4.69, 9.17) is 4.52 Å². The van der Waals surface area contributed by atoms with Crippen LogP contribution in [0, 0.1) is 19.8 Å². The van der Waals surface area contributed by atoms with Gasteiger partial charge in [0.1, 0.15) is 11.5 Å². The lowest BCUT2D eigenvalue weighted by molar-refractivity contribution is 0.0263. The minimum absolute atomic E-state index is 0.172. The summed E-state index contributed by atoms with van der Waals surface area (Å²) >= 11 is 0. The first-order valence-electron chi connectivity index (χ1n) is 10.1. The van der Waals surface area contributed by atoms with Gasteiger partial charge in [-0.1, -0.05) is 5.16 Å². The van der Waals surface area contributed by atoms with Crippen LogP contribution in [-0.4, -0.2) is 43.7 Å². The number of nitrogens with zero attached hydrogens (tertiary/aromatic N) is 5. The molecule has 0 spiro atoms. The average Bonchev–Trinajstić information content (AvgIpc) is 3.32. The molecule has 158 valence electrons. The number of rotatable bonds is 5. The molecule has 1 saturated heterocycles. The van der Waals surface area contributed by atoms with Crippen molar-refractivity contribution in [3.63, 3.8) is 0 Å². The van der Waals surface area contributed by atoms with Gasteiger partial charge in [0.05, 0.1) is 24.0 Å². The van der Waals surface area contributed by atoms with Crippen molar-refractivity contribution in [3.8, 4) is 11.3 Å². The van der Waals surface area contributed by atoms with Crippen LogP contribution >= 0.6 is 0 Å². The van der Waals surface area contributed by atoms with Crippen LogP contribution in [0.2, 0.25) is 0 Å². The van der Waals surface area contributed by atoms with Gasteiger partial charge < -0.3 is 14.5 Å². The number of hydrogen-bond donors (Lipinski definition) is 1. The molecule has 4 rings (SSSR count). The topological polar surface area (TPSA) is 97.3 Å². The van der Waals surface area contributed by atoms with Crippen molar-refractivity contribution in [2.24, 2.45) is 5.92 Å². The van der Waals surface area contributed by atoms with Crippen molar-refractivity contribution in [2.45, 2.75) is 46.3 Å². The lowest BCUT2D eigenvalue weighted by Crippen LogP contribution is -2.34. The summed E-state index contributed by atoms with van der Waals surface area (Å²) in [7, 11) is 0. The van der Waals surface area contributed by atoms with E-state index in [2.05, 4.69) is 20.1 Å². The summed E-state index contributed by atoms with van der Waals surface area (Å²) in [5.41, 5.74) is 3.11. The van der Waals surface area contributed by atoms with Crippen LogP contribution in [-0.2, 0) is 6.54 Å². The van der Waals surface area contributed by atoms with E-state index in [1.54, 1.807) is 18.5 Å². The molecule has 30 heavy (non-hydrogen) atoms. The molecular weight excluding hydrogens is 382 g/mol. The smallest absolute Gasteiger partial charge is 0.269 e. The maximum absolute atomic E-state index is 12.8. The van der Waals surface area contributed by atoms with E-state index in [1.165, 1.54) is 4.68 Å². The van der Waals surface area contributed by atoms with Gasteiger partial charge in [0.15, 0.2) is 0 Å². The van der Waals surface area contributed by atoms with E-state index in [1.807, 2.05) is 39.8 Å². The van der Waals surface area contributed by atoms with Crippen molar-refractivity contribution in [1.29, 1.82) is 0 Å². The summed E-state index contributed by atoms with van der Waals surface area (Å²) in [4.78, 5) is 19.2. The van der Waals surface area contributed by atoms with Crippen molar-refractivity contribution >= 4 is 5.69 Å². The molecule has 0 aromatic carbocycles. The minimum Gasteiger partial charge on any atom is -0.390 e. The van der Waals surface area contributed by atoms with Crippen molar-refractivity contribution < 1.29 is 9.63 Å². The third kappa shape index (κ3) is 4.00. The zero-order valence-electron chi connectivity index (χ0n) is 17.8. The highest BCUT2D eigenvalue weighted by Crippen LogP contribution is 2.30. The van der Waals surface area contributed by atoms with Crippen molar-refractivity contribution in [2.75, 3.05) is 18.0 Å². The summed E-state index contributed by atoms with van der Waals surface area (Å²) in [5, 5.41) is 18.8. The van der Waals surface area contributed by atoms with Gasteiger partial charge in [-0.15, -0.1) is 0 Å². The molecule has 0 radical (unpaired) electrons. The third-order valence-corrected chi connectivity index (χ3v) is 5.88. The van der Waals surface area contributed by atoms with Crippen LogP contribution in [0.25, 0.3) is 11.3 Å². The standard InChI is InChI=1S/C22H27N5O3/c1-14-5-6-16(10-23-14)21-19(15(2)30-25-21)13-27-20(28)9-18(11-24-27)26-8-7-17(12-26)22(3,4)29/h5-6,9-11,17,29H,7-8,12-13H2,1-4H3. The Hall–Kier alpha value is -3.00. The molecule has 8 nitrogen and oxygen atoms in total. The van der Waals surface area contributed by atoms with Crippen LogP contribution < -0.4 is 10.5 Å². The van der Waals surface area contributed by atoms with Gasteiger partial charge in [0, 0.05) is 48.1 Å². The number of aromatic nitrogens is 4. The molecule has 0 bridgehead atoms. The predicted octanol–water partition coefficient (Wildman–Crippen LogP) is 2.56. The lowest BCUT2D eigenvalue weighted by Gasteiger charge is -2.26. The molecule has 8 heteroatoms. The SMILES string of the molecule is Cc1ccc(-c2noc(C)c2Cn2ncc(N3CCC(C(C)(C)O)C3)cc2=O)cn1. The van der Waals surface area contributed by atoms with Crippen molar-refractivity contribution in [1.82, 2.24) is 19.9 Å². The summed E-state index contributed by atoms with van der Waals surface area (Å²) in [6.45, 7) is 9.20. The minimum atomic E-state index is -0.732. The monoisotopic (exact) mass is 409 g/mol. The largest absolute Gasteiger partial charge is 0.390 e. The van der Waals surface area contributed by atoms with E-state index in [0.29, 0.717) is 18.0 Å². The third-order valence-electron chi connectivity index (χ3n) is 5.88. The first-order chi connectivity index (χ1) is 14.2. The molecule has 1 fully saturated rings. The lowest BCUT2D eigenvalue weighted by atomic mass is 9.90. The first kappa shape index (κ1) is 20.3. The fraction of sp³-hybridized carbons (Fsp3) is 0.455. The van der Waals surface area contributed by atoms with E-state index in [-0.39, 0.29) is 18.0 Å². The Kier molecular flexibility index (Phi) is 5.19. The van der Waals surface area contributed by atoms with Gasteiger partial charge in [-0.3, -0.25) is 9.78 Å². The van der Waals surface area contributed by atoms with Crippen molar-refractivity contribution in [3.05, 3.63) is 58.0 Å². The van der Waals surface area contributed by atoms with Gasteiger partial charge in [0.2, 0.25) is 0 Å². The maximum atomic E-state index is 12.8. The zero-order valence-corrected chi connectivity index (χ0v) is 17.8. The first-order valence-corrected chi connectivity index (χ1v) is 10.1. The van der Waals surface area contributed by atoms with Crippen LogP contribution in [0.5, 0.6) is 0 Å². The molecule has 3 aromatic rings. The second-order valence-electron chi connectivity index (χ2n) is 8.55. The van der Waals surface area contributed by atoms with Gasteiger partial charge >= 0.3 is 0 Å². The summed E-state index contributed by atoms with van der Waals surface area (Å²) < 4.78 is 6.80. The molecule has 1 atom stereocenters. The molecule has 1 aliphatic heterocycles. The Balaban J connectivity index is 1.57. The van der Waals surface area contributed by atoms with Crippen LogP contribution in [0.15, 0.2) is 39.9 Å². The predicted molar refractivity (Wildman–Crippen MR) is 113 cm³/mol. The molecular formula is C22H27N5O3. The fourth-order valence-corrected chi connectivity index (χ4v) is 3.85. The van der Waals surface area contributed by atoms with Crippen LogP contribution in [0.3, 0.4) is 0 Å². The number of hydrogen-bond acceptors (Lipinski definition) is 7. The van der Waals surface area contributed by atoms with Gasteiger partial charge in [-0.2, -0.15) is 5.10 Å². The Morgan fingerprint density at radius 1 is 1.27 bits per heavy atom. The summed E-state index contributed by atoms with van der Waals surface area (Å²) in [6.07, 6.45) is 4.35. The quantitative estimate of drug-likeness (QED) is 0.692. The molecule has 4 heterocycles. The van der Waals surface area contributed by atoms with Gasteiger partial charge in [-0.05, 0) is 46.2 Å². The highest BCUT2D eigenvalue weighted by molar-refractivity contribution is 5.62. The number of aliphatic hydroxyl groups is 1. The number of pyridine rings is 1. The second kappa shape index (κ2) is 7.68. The number of aryl methyl sites for hydroxylation is 2. The van der Waals surface area contributed by atoms with E-state index in [9.17, 15) is 9.90 Å². The molecule has 0 saturated carbocycles. The van der Waals surface area contributed by atoms with Crippen LogP contribution in [0.4, 0.5) is 5.69 Å². The van der Waals surface area contributed by atoms with E-state index >= 15 is 0 Å². The van der Waals surface area contributed by atoms with E-state index < -0.39 is 5.60 Å². The Morgan fingerprint density at radius 3 is 2.70 bits per heavy atom. The summed E-state index contributed by atoms with van der Waals surface area (Å²) in [5.74, 6) is 0.821. The Bertz CT molecular complexity index is 1100. The molecule has 1 N–H and O–H groups in total. The fourth-order valence-electron chi connectivity index (χ4n) is 3.85. The average molecular weight is 409 g/mol. The maximum Gasteiger partial charge on any atom is 0.269 e. The molecule has 3 aromatic heterocycles. The molecule has 0 amide bonds. The molecule has 1 unspecified atom stereocenters. The number of anilines is 1. The second-order valence-corrected chi connectivity index (χ2v) is 8.55. The molecule has 1 aliphatic rings. The zero-order chi connectivity index (χ0) is 21.5. The highest BCUT2D eigenvalue weighted by Gasteiger charge is 2.33.